The van der Waals surface area contributed by atoms with E-state index in [1.165, 1.54) is 16.0 Å². The van der Waals surface area contributed by atoms with Crippen LogP contribution in [0.15, 0.2) is 53.5 Å². The smallest absolute Gasteiger partial charge is 0.272 e. The monoisotopic (exact) mass is 839 g/mol. The van der Waals surface area contributed by atoms with E-state index in [1.807, 2.05) is 13.0 Å². The van der Waals surface area contributed by atoms with Gasteiger partial charge in [-0.15, -0.1) is 31.7 Å². The van der Waals surface area contributed by atoms with E-state index in [2.05, 4.69) is 80.2 Å². The van der Waals surface area contributed by atoms with Gasteiger partial charge < -0.3 is 24.4 Å². The second-order valence-corrected chi connectivity index (χ2v) is 18.5. The van der Waals surface area contributed by atoms with Crippen molar-refractivity contribution in [3.63, 3.8) is 0 Å². The molecule has 2 saturated carbocycles. The molecule has 1 saturated heterocycles. The zero-order chi connectivity index (χ0) is 42.4. The number of nitrogens with one attached hydrogen (secondary N) is 1. The fourth-order valence-corrected chi connectivity index (χ4v) is 11.2. The minimum Gasteiger partial charge on any atom is -0.496 e. The number of nitrogens with zero attached hydrogens (tertiary/aromatic N) is 8. The molecule has 1 spiro atoms. The third kappa shape index (κ3) is 7.73. The zero-order valence-electron chi connectivity index (χ0n) is 35.8. The molecule has 61 heavy (non-hydrogen) atoms. The number of rotatable bonds is 9. The second kappa shape index (κ2) is 16.6. The summed E-state index contributed by atoms with van der Waals surface area (Å²) in [6.07, 6.45) is 8.88. The Balaban J connectivity index is 0.793. The van der Waals surface area contributed by atoms with Crippen LogP contribution in [0.3, 0.4) is 0 Å². The number of ether oxygens (including phenoxy) is 3. The topological polar surface area (TPSA) is 153 Å². The number of methoxy groups -OCH3 is 2. The number of amides is 1. The summed E-state index contributed by atoms with van der Waals surface area (Å²) < 4.78 is 19.8. The van der Waals surface area contributed by atoms with Gasteiger partial charge in [-0.05, 0) is 138 Å². The van der Waals surface area contributed by atoms with Gasteiger partial charge in [0.2, 0.25) is 0 Å². The molecular formula is C47H53N9O4S. The number of carbonyl (C=O) groups is 1. The number of carbonyl (C=O) groups excluding carboxylic acids is 1. The highest BCUT2D eigenvalue weighted by Crippen LogP contribution is 2.50. The molecular weight excluding hydrogens is 787 g/mol. The zero-order valence-corrected chi connectivity index (χ0v) is 36.6. The largest absolute Gasteiger partial charge is 0.496 e. The molecule has 1 atom stereocenters. The van der Waals surface area contributed by atoms with Crippen molar-refractivity contribution in [3.8, 4) is 28.3 Å². The van der Waals surface area contributed by atoms with Gasteiger partial charge in [0.25, 0.3) is 5.91 Å². The summed E-state index contributed by atoms with van der Waals surface area (Å²) in [5.74, 6) is 4.91. The number of aryl methyl sites for hydroxylation is 2. The molecule has 0 bridgehead atoms. The van der Waals surface area contributed by atoms with Crippen molar-refractivity contribution < 1.29 is 19.0 Å². The summed E-state index contributed by atoms with van der Waals surface area (Å²) in [5, 5.41) is 31.4. The molecule has 2 aliphatic heterocycles. The normalized spacial score (nSPS) is 23.4. The van der Waals surface area contributed by atoms with Gasteiger partial charge in [-0.1, -0.05) is 12.1 Å². The summed E-state index contributed by atoms with van der Waals surface area (Å²) >= 11 is 1.78. The second-order valence-electron chi connectivity index (χ2n) is 17.3. The quantitative estimate of drug-likeness (QED) is 0.153. The van der Waals surface area contributed by atoms with Gasteiger partial charge in [-0.3, -0.25) is 14.4 Å². The summed E-state index contributed by atoms with van der Waals surface area (Å²) in [7, 11) is 3.33. The van der Waals surface area contributed by atoms with E-state index in [-0.39, 0.29) is 29.5 Å². The minimum atomic E-state index is -0.196. The van der Waals surface area contributed by atoms with Crippen LogP contribution in [0.1, 0.15) is 132 Å². The number of thiophene rings is 1. The van der Waals surface area contributed by atoms with Crippen molar-refractivity contribution in [2.75, 3.05) is 32.2 Å². The number of hydrogen-bond donors (Lipinski definition) is 1. The van der Waals surface area contributed by atoms with Gasteiger partial charge in [0.05, 0.1) is 31.6 Å². The van der Waals surface area contributed by atoms with Crippen molar-refractivity contribution in [1.82, 2.24) is 30.3 Å². The van der Waals surface area contributed by atoms with Crippen molar-refractivity contribution in [2.24, 2.45) is 10.4 Å². The number of aromatic nitrogens is 5. The van der Waals surface area contributed by atoms with Crippen molar-refractivity contribution in [1.29, 1.82) is 5.26 Å². The molecule has 1 amide bonds. The molecule has 2 aromatic carbocycles. The highest BCUT2D eigenvalue weighted by atomic mass is 32.1. The lowest BCUT2D eigenvalue weighted by atomic mass is 9.68. The fraction of sp³-hybridized carbons (Fsp3) is 0.468. The number of anilines is 1. The van der Waals surface area contributed by atoms with Gasteiger partial charge in [-0.2, -0.15) is 5.26 Å². The molecule has 5 heterocycles. The predicted molar refractivity (Wildman–Crippen MR) is 235 cm³/mol. The number of fused-ring (bicyclic) bond motifs is 3. The first kappa shape index (κ1) is 40.6. The highest BCUT2D eigenvalue weighted by molar-refractivity contribution is 7.15. The molecule has 9 rings (SSSR count). The van der Waals surface area contributed by atoms with Crippen LogP contribution in [0.4, 0.5) is 5.82 Å². The van der Waals surface area contributed by atoms with Crippen LogP contribution >= 0.6 is 11.3 Å². The first-order chi connectivity index (χ1) is 29.6. The van der Waals surface area contributed by atoms with Gasteiger partial charge >= 0.3 is 0 Å². The molecule has 3 fully saturated rings. The van der Waals surface area contributed by atoms with Crippen LogP contribution in [0.25, 0.3) is 5.00 Å². The van der Waals surface area contributed by atoms with Crippen LogP contribution in [0.5, 0.6) is 17.2 Å². The van der Waals surface area contributed by atoms with E-state index < -0.39 is 0 Å². The van der Waals surface area contributed by atoms with Gasteiger partial charge in [0.15, 0.2) is 17.3 Å². The molecule has 316 valence electrons. The maximum atomic E-state index is 13.2. The van der Waals surface area contributed by atoms with E-state index in [0.29, 0.717) is 28.7 Å². The summed E-state index contributed by atoms with van der Waals surface area (Å²) in [4.78, 5) is 22.1. The molecule has 4 aliphatic rings. The van der Waals surface area contributed by atoms with E-state index >= 15 is 0 Å². The maximum absolute atomic E-state index is 13.2. The van der Waals surface area contributed by atoms with E-state index in [1.54, 1.807) is 49.8 Å². The number of benzene rings is 2. The first-order valence-corrected chi connectivity index (χ1v) is 22.3. The Hall–Kier alpha value is -5.81. The Labute approximate surface area is 361 Å². The number of nitriles is 1. The van der Waals surface area contributed by atoms with Crippen molar-refractivity contribution in [2.45, 2.75) is 110 Å². The van der Waals surface area contributed by atoms with Crippen LogP contribution in [-0.2, 0) is 0 Å². The first-order valence-electron chi connectivity index (χ1n) is 21.5. The van der Waals surface area contributed by atoms with E-state index in [9.17, 15) is 10.1 Å². The Morgan fingerprint density at radius 3 is 2.41 bits per heavy atom. The highest BCUT2D eigenvalue weighted by Gasteiger charge is 2.42. The average Bonchev–Trinajstić information content (AvgIpc) is 3.95. The Kier molecular flexibility index (Phi) is 11.0. The molecule has 1 N–H and O–H groups in total. The van der Waals surface area contributed by atoms with Gasteiger partial charge in [-0.25, -0.2) is 0 Å². The lowest BCUT2D eigenvalue weighted by molar-refractivity contribution is 0.0888. The SMILES string of the molecule is COc1cc(OC2CCC(NC(=O)c3ccc(N4CCC5(CCC(c6ccc(C7=N[C@@H](C)c8nnc(C)n8-c8sc(C)c(C)c87)cc6OC)CC5)C4)nn3)CC2)ccc1C#N. The summed E-state index contributed by atoms with van der Waals surface area (Å²) in [6.45, 7) is 10.3. The number of aliphatic imine (C=N–C) groups is 1. The average molecular weight is 840 g/mol. The predicted octanol–water partition coefficient (Wildman–Crippen LogP) is 8.52. The lowest BCUT2D eigenvalue weighted by Gasteiger charge is -2.37. The fourth-order valence-electron chi connectivity index (χ4n) is 9.99. The molecule has 0 radical (unpaired) electrons. The van der Waals surface area contributed by atoms with Gasteiger partial charge in [0.1, 0.15) is 40.2 Å². The molecule has 13 nitrogen and oxygen atoms in total. The summed E-state index contributed by atoms with van der Waals surface area (Å²) in [6, 6.07) is 17.8. The minimum absolute atomic E-state index is 0.0369. The Morgan fingerprint density at radius 1 is 0.902 bits per heavy atom. The molecule has 2 aliphatic carbocycles. The number of hydrogen-bond acceptors (Lipinski definition) is 12. The van der Waals surface area contributed by atoms with Crippen molar-refractivity contribution in [3.05, 3.63) is 98.6 Å². The van der Waals surface area contributed by atoms with Crippen LogP contribution < -0.4 is 24.4 Å². The third-order valence-corrected chi connectivity index (χ3v) is 14.8. The van der Waals surface area contributed by atoms with E-state index in [0.717, 1.165) is 116 Å². The van der Waals surface area contributed by atoms with Crippen LogP contribution in [0, 0.1) is 37.5 Å². The van der Waals surface area contributed by atoms with Crippen LogP contribution in [0.2, 0.25) is 0 Å². The molecule has 3 aromatic heterocycles. The van der Waals surface area contributed by atoms with E-state index in [4.69, 9.17) is 19.2 Å². The van der Waals surface area contributed by atoms with Crippen molar-refractivity contribution >= 4 is 28.8 Å². The lowest BCUT2D eigenvalue weighted by Crippen LogP contribution is -2.40. The molecule has 5 aromatic rings. The molecule has 0 unspecified atom stereocenters. The summed E-state index contributed by atoms with van der Waals surface area (Å²) in [5.41, 5.74) is 6.77. The molecule has 14 heteroatoms. The maximum Gasteiger partial charge on any atom is 0.272 e. The van der Waals surface area contributed by atoms with Crippen LogP contribution in [-0.4, -0.2) is 76.0 Å². The third-order valence-electron chi connectivity index (χ3n) is 13.6. The Bertz CT molecular complexity index is 2520. The Morgan fingerprint density at radius 2 is 1.69 bits per heavy atom. The standard InChI is InChI=1S/C47H53N9O4S/c1-27-29(3)61-46-42(27)43(49-28(2)44-54-51-30(4)56(44)46)32-8-14-37(40(23-32)59-6)31-17-19-47(20-18-31)21-22-55(26-47)41-16-15-38(52-53-41)45(57)50-34-9-12-35(13-10-34)60-36-11-7-33(25-48)39(24-36)58-5/h7-8,11,14-16,23-24,28,31,34-35H,9-10,12-13,17-22,26H2,1-6H3,(H,50,57)/t28-,31?,34?,35?,47?/m0/s1. The van der Waals surface area contributed by atoms with Gasteiger partial charge in [0, 0.05) is 41.2 Å².